The summed E-state index contributed by atoms with van der Waals surface area (Å²) in [6, 6.07) is 6.62. The molecule has 0 amide bonds. The fourth-order valence-electron chi connectivity index (χ4n) is 1.36. The Morgan fingerprint density at radius 2 is 1.79 bits per heavy atom. The van der Waals surface area contributed by atoms with Crippen molar-refractivity contribution in [1.82, 2.24) is 0 Å². The maximum Gasteiger partial charge on any atom is 0.492 e. The van der Waals surface area contributed by atoms with E-state index in [-0.39, 0.29) is 5.46 Å². The molecule has 1 heterocycles. The first kappa shape index (κ1) is 8.99. The highest BCUT2D eigenvalue weighted by molar-refractivity contribution is 6.61. The van der Waals surface area contributed by atoms with Crippen LogP contribution in [0.25, 0.3) is 10.8 Å². The van der Waals surface area contributed by atoms with Crippen LogP contribution >= 0.6 is 0 Å². The van der Waals surface area contributed by atoms with Gasteiger partial charge in [-0.15, -0.1) is 0 Å². The Labute approximate surface area is 79.6 Å². The van der Waals surface area contributed by atoms with Crippen molar-refractivity contribution in [3.63, 3.8) is 0 Å². The second-order valence-electron chi connectivity index (χ2n) is 2.90. The van der Waals surface area contributed by atoms with Gasteiger partial charge in [-0.1, -0.05) is 18.2 Å². The fraction of sp³-hybridized carbons (Fsp3) is 0. The van der Waals surface area contributed by atoms with E-state index in [9.17, 15) is 4.79 Å². The Kier molecular flexibility index (Phi) is 2.11. The summed E-state index contributed by atoms with van der Waals surface area (Å²) in [4.78, 5) is 11.2. The summed E-state index contributed by atoms with van der Waals surface area (Å²) in [5, 5.41) is 18.9. The van der Waals surface area contributed by atoms with Crippen molar-refractivity contribution in [2.75, 3.05) is 0 Å². The average Bonchev–Trinajstić information content (AvgIpc) is 2.18. The van der Waals surface area contributed by atoms with Gasteiger partial charge in [0.05, 0.1) is 11.6 Å². The Morgan fingerprint density at radius 3 is 2.43 bits per heavy atom. The van der Waals surface area contributed by atoms with Crippen molar-refractivity contribution in [2.45, 2.75) is 0 Å². The van der Waals surface area contributed by atoms with E-state index < -0.39 is 12.7 Å². The van der Waals surface area contributed by atoms with Gasteiger partial charge in [-0.3, -0.25) is 0 Å². The van der Waals surface area contributed by atoms with Crippen LogP contribution in [0.3, 0.4) is 0 Å². The molecule has 0 aliphatic heterocycles. The molecule has 4 nitrogen and oxygen atoms in total. The van der Waals surface area contributed by atoms with Crippen LogP contribution in [0.5, 0.6) is 0 Å². The van der Waals surface area contributed by atoms with E-state index in [1.165, 1.54) is 0 Å². The van der Waals surface area contributed by atoms with Gasteiger partial charge in [0.15, 0.2) is 0 Å². The minimum Gasteiger partial charge on any atom is -0.431 e. The molecule has 2 N–H and O–H groups in total. The molecule has 2 aromatic rings. The fourth-order valence-corrected chi connectivity index (χ4v) is 1.36. The van der Waals surface area contributed by atoms with Crippen LogP contribution in [0.4, 0.5) is 0 Å². The van der Waals surface area contributed by atoms with Gasteiger partial charge in [0.2, 0.25) is 0 Å². The molecule has 0 fully saturated rings. The predicted octanol–water partition coefficient (Wildman–Crippen LogP) is -0.527. The number of hydrogen-bond donors (Lipinski definition) is 2. The molecule has 5 heteroatoms. The van der Waals surface area contributed by atoms with E-state index >= 15 is 0 Å². The van der Waals surface area contributed by atoms with Gasteiger partial charge >= 0.3 is 12.7 Å². The zero-order valence-electron chi connectivity index (χ0n) is 7.18. The van der Waals surface area contributed by atoms with Crippen LogP contribution in [0.15, 0.2) is 39.7 Å². The molecular weight excluding hydrogens is 183 g/mol. The van der Waals surface area contributed by atoms with Gasteiger partial charge in [-0.2, -0.15) is 0 Å². The monoisotopic (exact) mass is 190 g/mol. The van der Waals surface area contributed by atoms with E-state index in [0.29, 0.717) is 10.8 Å². The van der Waals surface area contributed by atoms with Gasteiger partial charge in [0.25, 0.3) is 0 Å². The standard InChI is InChI=1S/C9H7BO4/c11-9-7-4-2-1-3-6(7)8(5-14-9)10(12)13/h1-5,12-13H. The van der Waals surface area contributed by atoms with E-state index in [4.69, 9.17) is 10.0 Å². The second-order valence-corrected chi connectivity index (χ2v) is 2.90. The highest BCUT2D eigenvalue weighted by Crippen LogP contribution is 2.06. The Hall–Kier alpha value is -1.59. The summed E-state index contributed by atoms with van der Waals surface area (Å²) in [6.45, 7) is 0. The normalized spacial score (nSPS) is 10.4. The highest BCUT2D eigenvalue weighted by Gasteiger charge is 2.16. The molecule has 0 atom stereocenters. The first-order valence-corrected chi connectivity index (χ1v) is 4.07. The maximum absolute atomic E-state index is 11.2. The predicted molar refractivity (Wildman–Crippen MR) is 52.3 cm³/mol. The average molecular weight is 190 g/mol. The van der Waals surface area contributed by atoms with Gasteiger partial charge < -0.3 is 14.5 Å². The zero-order valence-corrected chi connectivity index (χ0v) is 7.18. The summed E-state index contributed by atoms with van der Waals surface area (Å²) in [6.07, 6.45) is 1.06. The summed E-state index contributed by atoms with van der Waals surface area (Å²) in [7, 11) is -1.63. The lowest BCUT2D eigenvalue weighted by atomic mass is 9.79. The van der Waals surface area contributed by atoms with Crippen LogP contribution in [-0.4, -0.2) is 17.2 Å². The van der Waals surface area contributed by atoms with Crippen LogP contribution in [-0.2, 0) is 0 Å². The topological polar surface area (TPSA) is 70.7 Å². The lowest BCUT2D eigenvalue weighted by Crippen LogP contribution is -2.31. The van der Waals surface area contributed by atoms with Crippen LogP contribution in [0, 0.1) is 0 Å². The quantitative estimate of drug-likeness (QED) is 0.593. The lowest BCUT2D eigenvalue weighted by Gasteiger charge is -2.02. The van der Waals surface area contributed by atoms with Gasteiger partial charge in [-0.25, -0.2) is 4.79 Å². The van der Waals surface area contributed by atoms with Crippen LogP contribution < -0.4 is 11.1 Å². The molecule has 0 aliphatic rings. The minimum absolute atomic E-state index is 0.195. The Bertz CT molecular complexity index is 517. The molecule has 14 heavy (non-hydrogen) atoms. The molecule has 0 saturated heterocycles. The van der Waals surface area contributed by atoms with E-state index in [1.807, 2.05) is 0 Å². The van der Waals surface area contributed by atoms with Crippen LogP contribution in [0.2, 0.25) is 0 Å². The van der Waals surface area contributed by atoms with Gasteiger partial charge in [-0.05, 0) is 11.5 Å². The third kappa shape index (κ3) is 1.32. The van der Waals surface area contributed by atoms with E-state index in [1.54, 1.807) is 24.3 Å². The van der Waals surface area contributed by atoms with Gasteiger partial charge in [0.1, 0.15) is 0 Å². The molecule has 0 spiro atoms. The SMILES string of the molecule is O=c1occ(B(O)O)c2ccccc12. The Morgan fingerprint density at radius 1 is 1.14 bits per heavy atom. The molecule has 0 bridgehead atoms. The van der Waals surface area contributed by atoms with Crippen molar-refractivity contribution in [2.24, 2.45) is 0 Å². The van der Waals surface area contributed by atoms with E-state index in [0.717, 1.165) is 6.26 Å². The van der Waals surface area contributed by atoms with E-state index in [2.05, 4.69) is 4.42 Å². The van der Waals surface area contributed by atoms with Crippen molar-refractivity contribution >= 4 is 23.4 Å². The third-order valence-electron chi connectivity index (χ3n) is 2.03. The Balaban J connectivity index is 2.89. The number of rotatable bonds is 1. The minimum atomic E-state index is -1.63. The van der Waals surface area contributed by atoms with Crippen molar-refractivity contribution in [1.29, 1.82) is 0 Å². The molecule has 2 rings (SSSR count). The van der Waals surface area contributed by atoms with Gasteiger partial charge in [0, 0.05) is 5.46 Å². The second kappa shape index (κ2) is 3.28. The number of benzene rings is 1. The zero-order chi connectivity index (χ0) is 10.1. The van der Waals surface area contributed by atoms with Crippen LogP contribution in [0.1, 0.15) is 0 Å². The van der Waals surface area contributed by atoms with Crippen molar-refractivity contribution < 1.29 is 14.5 Å². The smallest absolute Gasteiger partial charge is 0.431 e. The number of fused-ring (bicyclic) bond motifs is 1. The first-order chi connectivity index (χ1) is 6.70. The summed E-state index contributed by atoms with van der Waals surface area (Å²) >= 11 is 0. The summed E-state index contributed by atoms with van der Waals surface area (Å²) < 4.78 is 4.66. The molecule has 70 valence electrons. The molecule has 0 saturated carbocycles. The molecule has 1 aromatic carbocycles. The molecule has 0 aliphatic carbocycles. The molecule has 0 radical (unpaired) electrons. The number of hydrogen-bond acceptors (Lipinski definition) is 4. The highest BCUT2D eigenvalue weighted by atomic mass is 16.4. The third-order valence-corrected chi connectivity index (χ3v) is 2.03. The molecule has 0 unspecified atom stereocenters. The van der Waals surface area contributed by atoms with Crippen molar-refractivity contribution in [3.8, 4) is 0 Å². The molecular formula is C9H7BO4. The maximum atomic E-state index is 11.2. The molecule has 1 aromatic heterocycles. The van der Waals surface area contributed by atoms with Crippen molar-refractivity contribution in [3.05, 3.63) is 40.9 Å². The lowest BCUT2D eigenvalue weighted by molar-refractivity contribution is 0.423. The first-order valence-electron chi connectivity index (χ1n) is 4.07. The largest absolute Gasteiger partial charge is 0.492 e. The summed E-state index contributed by atoms with van der Waals surface area (Å²) in [5.74, 6) is 0. The summed E-state index contributed by atoms with van der Waals surface area (Å²) in [5.41, 5.74) is -0.287.